The molecule has 0 heterocycles. The minimum Gasteiger partial charge on any atom is -0.481 e. The molecule has 0 unspecified atom stereocenters. The van der Waals surface area contributed by atoms with Crippen molar-refractivity contribution in [3.8, 4) is 0 Å². The van der Waals surface area contributed by atoms with Crippen LogP contribution in [0, 0.1) is 0 Å². The highest BCUT2D eigenvalue weighted by Crippen LogP contribution is 2.09. The first-order valence-corrected chi connectivity index (χ1v) is 5.71. The lowest BCUT2D eigenvalue weighted by atomic mass is 10.1. The topological polar surface area (TPSA) is 159 Å². The van der Waals surface area contributed by atoms with E-state index in [1.807, 2.05) is 0 Å². The van der Waals surface area contributed by atoms with E-state index in [9.17, 15) is 19.2 Å². The fourth-order valence-corrected chi connectivity index (χ4v) is 1.46. The van der Waals surface area contributed by atoms with Crippen molar-refractivity contribution in [3.63, 3.8) is 0 Å². The monoisotopic (exact) mass is 295 g/mol. The summed E-state index contributed by atoms with van der Waals surface area (Å²) in [6, 6.07) is 3.16. The van der Waals surface area contributed by atoms with Crippen LogP contribution in [0.3, 0.4) is 0 Å². The van der Waals surface area contributed by atoms with Gasteiger partial charge in [-0.25, -0.2) is 9.59 Å². The van der Waals surface area contributed by atoms with Crippen molar-refractivity contribution in [2.75, 3.05) is 5.32 Å². The summed E-state index contributed by atoms with van der Waals surface area (Å²) >= 11 is 0. The number of carboxylic acid groups (broad SMARTS) is 2. The largest absolute Gasteiger partial charge is 0.481 e. The third kappa shape index (κ3) is 5.19. The molecule has 0 saturated heterocycles. The van der Waals surface area contributed by atoms with Crippen LogP contribution in [0.15, 0.2) is 24.3 Å². The number of carboxylic acids is 2. The number of primary amides is 1. The third-order valence-corrected chi connectivity index (χ3v) is 2.40. The molecule has 9 nitrogen and oxygen atoms in total. The van der Waals surface area contributed by atoms with Gasteiger partial charge in [-0.2, -0.15) is 0 Å². The van der Waals surface area contributed by atoms with Gasteiger partial charge in [0.05, 0.1) is 6.42 Å². The number of benzene rings is 1. The van der Waals surface area contributed by atoms with Crippen molar-refractivity contribution in [2.45, 2.75) is 12.5 Å². The molecule has 112 valence electrons. The Morgan fingerprint density at radius 3 is 2.10 bits per heavy atom. The van der Waals surface area contributed by atoms with E-state index in [1.165, 1.54) is 24.3 Å². The first-order valence-electron chi connectivity index (χ1n) is 5.71. The van der Waals surface area contributed by atoms with Gasteiger partial charge in [0.2, 0.25) is 0 Å². The Morgan fingerprint density at radius 2 is 1.67 bits per heavy atom. The Kier molecular flexibility index (Phi) is 5.24. The molecule has 3 amide bonds. The molecule has 1 atom stereocenters. The highest BCUT2D eigenvalue weighted by molar-refractivity contribution is 5.98. The zero-order chi connectivity index (χ0) is 16.0. The van der Waals surface area contributed by atoms with Crippen molar-refractivity contribution in [1.29, 1.82) is 0 Å². The summed E-state index contributed by atoms with van der Waals surface area (Å²) in [5, 5.41) is 21.8. The van der Waals surface area contributed by atoms with Crippen LogP contribution in [0.1, 0.15) is 16.8 Å². The number of hydrogen-bond donors (Lipinski definition) is 5. The minimum atomic E-state index is -1.53. The molecule has 0 spiro atoms. The molecule has 1 aromatic rings. The van der Waals surface area contributed by atoms with Crippen LogP contribution in [0.25, 0.3) is 0 Å². The number of anilines is 1. The fourth-order valence-electron chi connectivity index (χ4n) is 1.46. The first-order chi connectivity index (χ1) is 9.79. The SMILES string of the molecule is NC(=O)Nc1ccc(C(=O)N[C@@H](CC(=O)O)C(=O)O)cc1. The molecule has 0 radical (unpaired) electrons. The van der Waals surface area contributed by atoms with Crippen LogP contribution < -0.4 is 16.4 Å². The highest BCUT2D eigenvalue weighted by atomic mass is 16.4. The zero-order valence-electron chi connectivity index (χ0n) is 10.7. The lowest BCUT2D eigenvalue weighted by Gasteiger charge is -2.12. The van der Waals surface area contributed by atoms with E-state index in [1.54, 1.807) is 0 Å². The quantitative estimate of drug-likeness (QED) is 0.490. The highest BCUT2D eigenvalue weighted by Gasteiger charge is 2.23. The Labute approximate surface area is 118 Å². The molecule has 0 fully saturated rings. The van der Waals surface area contributed by atoms with Crippen molar-refractivity contribution in [2.24, 2.45) is 5.73 Å². The molecule has 0 aromatic heterocycles. The fraction of sp³-hybridized carbons (Fsp3) is 0.167. The second-order valence-corrected chi connectivity index (χ2v) is 4.03. The van der Waals surface area contributed by atoms with Gasteiger partial charge >= 0.3 is 18.0 Å². The Bertz CT molecular complexity index is 569. The van der Waals surface area contributed by atoms with Crippen LogP contribution >= 0.6 is 0 Å². The minimum absolute atomic E-state index is 0.113. The van der Waals surface area contributed by atoms with Gasteiger partial charge in [-0.1, -0.05) is 0 Å². The Hall–Kier alpha value is -3.10. The van der Waals surface area contributed by atoms with Crippen LogP contribution in [0.4, 0.5) is 10.5 Å². The van der Waals surface area contributed by atoms with E-state index in [-0.39, 0.29) is 5.56 Å². The molecule has 21 heavy (non-hydrogen) atoms. The molecule has 1 aromatic carbocycles. The zero-order valence-corrected chi connectivity index (χ0v) is 10.7. The summed E-state index contributed by atoms with van der Waals surface area (Å²) in [5.41, 5.74) is 5.39. The number of amides is 3. The average Bonchev–Trinajstić information content (AvgIpc) is 2.37. The standard InChI is InChI=1S/C12H13N3O6/c13-12(21)14-7-3-1-6(2-4-7)10(18)15-8(11(19)20)5-9(16)17/h1-4,8H,5H2,(H,15,18)(H,16,17)(H,19,20)(H3,13,14,21)/t8-/m0/s1. The molecule has 0 saturated carbocycles. The lowest BCUT2D eigenvalue weighted by Crippen LogP contribution is -2.42. The van der Waals surface area contributed by atoms with Gasteiger partial charge in [0.1, 0.15) is 6.04 Å². The Balaban J connectivity index is 2.76. The van der Waals surface area contributed by atoms with Crippen molar-refractivity contribution < 1.29 is 29.4 Å². The number of hydrogen-bond acceptors (Lipinski definition) is 4. The second-order valence-electron chi connectivity index (χ2n) is 4.03. The summed E-state index contributed by atoms with van der Waals surface area (Å²) in [7, 11) is 0. The van der Waals surface area contributed by atoms with Gasteiger partial charge in [0, 0.05) is 11.3 Å². The summed E-state index contributed by atoms with van der Waals surface area (Å²) in [6.45, 7) is 0. The molecular formula is C12H13N3O6. The van der Waals surface area contributed by atoms with Crippen LogP contribution in [-0.4, -0.2) is 40.1 Å². The molecule has 0 aliphatic carbocycles. The van der Waals surface area contributed by atoms with Crippen LogP contribution in [0.5, 0.6) is 0 Å². The maximum atomic E-state index is 11.8. The summed E-state index contributed by atoms with van der Waals surface area (Å²) in [6.07, 6.45) is -0.734. The maximum Gasteiger partial charge on any atom is 0.326 e. The van der Waals surface area contributed by atoms with Gasteiger partial charge in [-0.15, -0.1) is 0 Å². The van der Waals surface area contributed by atoms with Gasteiger partial charge in [0.15, 0.2) is 0 Å². The van der Waals surface area contributed by atoms with Crippen LogP contribution in [0.2, 0.25) is 0 Å². The van der Waals surface area contributed by atoms with E-state index in [2.05, 4.69) is 10.6 Å². The van der Waals surface area contributed by atoms with Crippen molar-refractivity contribution in [1.82, 2.24) is 5.32 Å². The maximum absolute atomic E-state index is 11.8. The third-order valence-electron chi connectivity index (χ3n) is 2.40. The van der Waals surface area contributed by atoms with Gasteiger partial charge < -0.3 is 26.6 Å². The van der Waals surface area contributed by atoms with Crippen LogP contribution in [-0.2, 0) is 9.59 Å². The Morgan fingerprint density at radius 1 is 1.10 bits per heavy atom. The molecule has 6 N–H and O–H groups in total. The summed E-state index contributed by atoms with van der Waals surface area (Å²) in [5.74, 6) is -3.53. The number of carbonyl (C=O) groups excluding carboxylic acids is 2. The predicted octanol–water partition coefficient (Wildman–Crippen LogP) is -0.165. The second kappa shape index (κ2) is 6.89. The van der Waals surface area contributed by atoms with Gasteiger partial charge in [0.25, 0.3) is 5.91 Å². The van der Waals surface area contributed by atoms with Crippen molar-refractivity contribution >= 4 is 29.6 Å². The number of rotatable bonds is 6. The number of urea groups is 1. The summed E-state index contributed by atoms with van der Waals surface area (Å²) < 4.78 is 0. The molecule has 0 aliphatic heterocycles. The molecule has 1 rings (SSSR count). The van der Waals surface area contributed by atoms with Crippen molar-refractivity contribution in [3.05, 3.63) is 29.8 Å². The number of carbonyl (C=O) groups is 4. The lowest BCUT2D eigenvalue weighted by molar-refractivity contribution is -0.145. The van der Waals surface area contributed by atoms with E-state index in [4.69, 9.17) is 15.9 Å². The van der Waals surface area contributed by atoms with Gasteiger partial charge in [-0.05, 0) is 24.3 Å². The molecule has 9 heteroatoms. The number of nitrogens with two attached hydrogens (primary N) is 1. The van der Waals surface area contributed by atoms with Gasteiger partial charge in [-0.3, -0.25) is 9.59 Å². The predicted molar refractivity (Wildman–Crippen MR) is 70.8 cm³/mol. The van der Waals surface area contributed by atoms with E-state index >= 15 is 0 Å². The molecular weight excluding hydrogens is 282 g/mol. The smallest absolute Gasteiger partial charge is 0.326 e. The van der Waals surface area contributed by atoms with E-state index < -0.39 is 36.3 Å². The number of aliphatic carboxylic acids is 2. The molecule has 0 aliphatic rings. The molecule has 0 bridgehead atoms. The summed E-state index contributed by atoms with van der Waals surface area (Å²) in [4.78, 5) is 43.8. The normalized spacial score (nSPS) is 11.2. The number of nitrogens with one attached hydrogen (secondary N) is 2. The van der Waals surface area contributed by atoms with E-state index in [0.717, 1.165) is 0 Å². The first kappa shape index (κ1) is 16.0. The van der Waals surface area contributed by atoms with E-state index in [0.29, 0.717) is 5.69 Å². The average molecular weight is 295 g/mol.